The molecule has 3 heterocycles. The molecule has 0 radical (unpaired) electrons. The number of nitrogens with one attached hydrogen (secondary N) is 1. The molecule has 3 rings (SSSR count). The number of nitrogens with zero attached hydrogens (tertiary/aromatic N) is 6. The average molecular weight is 560 g/mol. The van der Waals surface area contributed by atoms with E-state index in [0.29, 0.717) is 13.1 Å². The monoisotopic (exact) mass is 559 g/mol. The molecule has 0 saturated carbocycles. The van der Waals surface area contributed by atoms with Crippen LogP contribution in [0.4, 0.5) is 5.82 Å². The Morgan fingerprint density at radius 2 is 2.10 bits per heavy atom. The third-order valence-electron chi connectivity index (χ3n) is 5.35. The zero-order chi connectivity index (χ0) is 21.5. The summed E-state index contributed by atoms with van der Waals surface area (Å²) < 4.78 is 5.36. The SMILES string of the molecule is CN=C(NCc1cccnc1N1CCN(C)CC1)N(C)Cc1csc(C(C)OC)n1.I. The van der Waals surface area contributed by atoms with E-state index in [9.17, 15) is 0 Å². The molecule has 0 aliphatic carbocycles. The molecule has 8 nitrogen and oxygen atoms in total. The first kappa shape index (κ1) is 25.8. The van der Waals surface area contributed by atoms with Gasteiger partial charge in [-0.2, -0.15) is 0 Å². The summed E-state index contributed by atoms with van der Waals surface area (Å²) in [5.74, 6) is 1.89. The van der Waals surface area contributed by atoms with Crippen LogP contribution in [-0.2, 0) is 17.8 Å². The molecule has 1 aliphatic heterocycles. The lowest BCUT2D eigenvalue weighted by Crippen LogP contribution is -2.45. The van der Waals surface area contributed by atoms with Crippen molar-refractivity contribution in [3.8, 4) is 0 Å². The highest BCUT2D eigenvalue weighted by Crippen LogP contribution is 2.21. The summed E-state index contributed by atoms with van der Waals surface area (Å²) in [6.45, 7) is 7.50. The molecule has 1 saturated heterocycles. The van der Waals surface area contributed by atoms with Crippen LogP contribution in [0.5, 0.6) is 0 Å². The maximum atomic E-state index is 5.36. The fourth-order valence-corrected chi connectivity index (χ4v) is 4.27. The molecule has 2 aromatic rings. The Morgan fingerprint density at radius 3 is 2.77 bits per heavy atom. The van der Waals surface area contributed by atoms with E-state index in [4.69, 9.17) is 4.74 Å². The highest BCUT2D eigenvalue weighted by atomic mass is 127. The van der Waals surface area contributed by atoms with Gasteiger partial charge in [-0.15, -0.1) is 35.3 Å². The van der Waals surface area contributed by atoms with Gasteiger partial charge in [-0.05, 0) is 20.0 Å². The normalized spacial score (nSPS) is 16.0. The molecular formula is C21H34IN7OS. The van der Waals surface area contributed by atoms with Crippen LogP contribution in [0, 0.1) is 0 Å². The van der Waals surface area contributed by atoms with Crippen molar-refractivity contribution in [3.63, 3.8) is 0 Å². The van der Waals surface area contributed by atoms with Crippen LogP contribution in [0.25, 0.3) is 0 Å². The van der Waals surface area contributed by atoms with Gasteiger partial charge >= 0.3 is 0 Å². The molecule has 0 bridgehead atoms. The van der Waals surface area contributed by atoms with Gasteiger partial charge in [-0.3, -0.25) is 4.99 Å². The maximum Gasteiger partial charge on any atom is 0.194 e. The standard InChI is InChI=1S/C21H33N7OS.HI/c1-16(29-5)20-25-18(15-30-20)14-27(4)21(22-2)24-13-17-7-6-8-23-19(17)28-11-9-26(3)10-12-28;/h6-8,15-16H,9-14H2,1-5H3,(H,22,24);1H. The Balaban J connectivity index is 0.00000341. The molecule has 1 fully saturated rings. The van der Waals surface area contributed by atoms with Crippen LogP contribution in [0.2, 0.25) is 0 Å². The average Bonchev–Trinajstić information content (AvgIpc) is 3.23. The Morgan fingerprint density at radius 1 is 1.35 bits per heavy atom. The molecule has 31 heavy (non-hydrogen) atoms. The first-order valence-electron chi connectivity index (χ1n) is 10.3. The number of aliphatic imine (C=N–C) groups is 1. The Bertz CT molecular complexity index is 839. The number of aromatic nitrogens is 2. The zero-order valence-electron chi connectivity index (χ0n) is 19.0. The van der Waals surface area contributed by atoms with Gasteiger partial charge < -0.3 is 24.8 Å². The van der Waals surface area contributed by atoms with Gasteiger partial charge in [-0.25, -0.2) is 9.97 Å². The number of hydrogen-bond donors (Lipinski definition) is 1. The number of halogens is 1. The molecule has 1 atom stereocenters. The van der Waals surface area contributed by atoms with Crippen LogP contribution < -0.4 is 10.2 Å². The summed E-state index contributed by atoms with van der Waals surface area (Å²) in [5.41, 5.74) is 2.20. The van der Waals surface area contributed by atoms with E-state index in [2.05, 4.69) is 53.5 Å². The number of methoxy groups -OCH3 is 1. The molecule has 1 aliphatic rings. The Kier molecular flexibility index (Phi) is 10.4. The lowest BCUT2D eigenvalue weighted by Gasteiger charge is -2.34. The number of thiazole rings is 1. The summed E-state index contributed by atoms with van der Waals surface area (Å²) in [4.78, 5) is 20.6. The minimum atomic E-state index is 0. The van der Waals surface area contributed by atoms with Crippen LogP contribution in [-0.4, -0.2) is 80.2 Å². The topological polar surface area (TPSA) is 69.1 Å². The summed E-state index contributed by atoms with van der Waals surface area (Å²) >= 11 is 1.63. The van der Waals surface area contributed by atoms with Crippen molar-refractivity contribution in [1.29, 1.82) is 0 Å². The van der Waals surface area contributed by atoms with Gasteiger partial charge in [0.15, 0.2) is 5.96 Å². The molecule has 1 N–H and O–H groups in total. The Labute approximate surface area is 206 Å². The molecular weight excluding hydrogens is 525 g/mol. The highest BCUT2D eigenvalue weighted by molar-refractivity contribution is 14.0. The van der Waals surface area contributed by atoms with Crippen molar-refractivity contribution in [3.05, 3.63) is 40.0 Å². The molecule has 0 aromatic carbocycles. The van der Waals surface area contributed by atoms with E-state index >= 15 is 0 Å². The van der Waals surface area contributed by atoms with E-state index in [1.807, 2.05) is 33.3 Å². The number of hydrogen-bond acceptors (Lipinski definition) is 7. The number of piperazine rings is 1. The minimum Gasteiger partial charge on any atom is -0.375 e. The van der Waals surface area contributed by atoms with Gasteiger partial charge in [0.05, 0.1) is 12.2 Å². The zero-order valence-corrected chi connectivity index (χ0v) is 22.2. The van der Waals surface area contributed by atoms with Gasteiger partial charge in [-0.1, -0.05) is 6.07 Å². The second kappa shape index (κ2) is 12.5. The number of pyridine rings is 1. The van der Waals surface area contributed by atoms with Gasteiger partial charge in [0.1, 0.15) is 16.9 Å². The quantitative estimate of drug-likeness (QED) is 0.318. The van der Waals surface area contributed by atoms with Gasteiger partial charge in [0.2, 0.25) is 0 Å². The minimum absolute atomic E-state index is 0. The van der Waals surface area contributed by atoms with E-state index in [1.165, 1.54) is 5.56 Å². The predicted molar refractivity (Wildman–Crippen MR) is 139 cm³/mol. The summed E-state index contributed by atoms with van der Waals surface area (Å²) in [5, 5.41) is 6.57. The van der Waals surface area contributed by atoms with Gasteiger partial charge in [0, 0.05) is 71.1 Å². The predicted octanol–water partition coefficient (Wildman–Crippen LogP) is 2.82. The van der Waals surface area contributed by atoms with Crippen molar-refractivity contribution >= 4 is 47.1 Å². The van der Waals surface area contributed by atoms with Crippen molar-refractivity contribution in [2.24, 2.45) is 4.99 Å². The van der Waals surface area contributed by atoms with Gasteiger partial charge in [0.25, 0.3) is 0 Å². The van der Waals surface area contributed by atoms with Crippen LogP contribution in [0.3, 0.4) is 0 Å². The van der Waals surface area contributed by atoms with Crippen molar-refractivity contribution < 1.29 is 4.74 Å². The van der Waals surface area contributed by atoms with E-state index in [-0.39, 0.29) is 30.1 Å². The fraction of sp³-hybridized carbons (Fsp3) is 0.571. The third kappa shape index (κ3) is 6.99. The number of guanidine groups is 1. The van der Waals surface area contributed by atoms with E-state index < -0.39 is 0 Å². The fourth-order valence-electron chi connectivity index (χ4n) is 3.43. The highest BCUT2D eigenvalue weighted by Gasteiger charge is 2.18. The van der Waals surface area contributed by atoms with Crippen LogP contribution in [0.15, 0.2) is 28.7 Å². The van der Waals surface area contributed by atoms with Crippen LogP contribution in [0.1, 0.15) is 29.3 Å². The number of anilines is 1. The van der Waals surface area contributed by atoms with Crippen molar-refractivity contribution in [2.75, 3.05) is 59.3 Å². The summed E-state index contributed by atoms with van der Waals surface area (Å²) in [6.07, 6.45) is 1.89. The molecule has 10 heteroatoms. The van der Waals surface area contributed by atoms with E-state index in [0.717, 1.165) is 48.7 Å². The molecule has 0 amide bonds. The Hall–Kier alpha value is -1.50. The van der Waals surface area contributed by atoms with Crippen molar-refractivity contribution in [2.45, 2.75) is 26.1 Å². The number of rotatable bonds is 7. The lowest BCUT2D eigenvalue weighted by molar-refractivity contribution is 0.119. The number of likely N-dealkylation sites (N-methyl/N-ethyl adjacent to an activating group) is 1. The third-order valence-corrected chi connectivity index (χ3v) is 6.41. The molecule has 2 aromatic heterocycles. The smallest absolute Gasteiger partial charge is 0.194 e. The molecule has 0 spiro atoms. The largest absolute Gasteiger partial charge is 0.375 e. The molecule has 1 unspecified atom stereocenters. The summed E-state index contributed by atoms with van der Waals surface area (Å²) in [6, 6.07) is 4.14. The summed E-state index contributed by atoms with van der Waals surface area (Å²) in [7, 11) is 7.71. The first-order chi connectivity index (χ1) is 14.5. The lowest BCUT2D eigenvalue weighted by atomic mass is 10.2. The second-order valence-electron chi connectivity index (χ2n) is 7.59. The first-order valence-corrected chi connectivity index (χ1v) is 11.2. The second-order valence-corrected chi connectivity index (χ2v) is 8.48. The van der Waals surface area contributed by atoms with Crippen molar-refractivity contribution in [1.82, 2.24) is 25.1 Å². The van der Waals surface area contributed by atoms with E-state index in [1.54, 1.807) is 18.4 Å². The number of ether oxygens (including phenoxy) is 1. The van der Waals surface area contributed by atoms with Crippen LogP contribution >= 0.6 is 35.3 Å². The maximum absolute atomic E-state index is 5.36. The molecule has 172 valence electrons.